The number of hydrogen-bond donors (Lipinski definition) is 2. The number of primary amides is 1. The number of carbonyl (C=O) groups excluding carboxylic acids is 2. The molecule has 0 radical (unpaired) electrons. The number of anilines is 1. The maximum absolute atomic E-state index is 11.9. The summed E-state index contributed by atoms with van der Waals surface area (Å²) in [6.07, 6.45) is 2.32. The lowest BCUT2D eigenvalue weighted by atomic mass is 9.98. The van der Waals surface area contributed by atoms with E-state index in [1.165, 1.54) is 0 Å². The largest absolute Gasteiger partial charge is 0.465 e. The van der Waals surface area contributed by atoms with Crippen LogP contribution in [0.1, 0.15) is 48.7 Å². The molecular weight excluding hydrogens is 318 g/mol. The normalized spacial score (nSPS) is 14.5. The first-order valence-electron chi connectivity index (χ1n) is 8.92. The first-order valence-corrected chi connectivity index (χ1v) is 8.92. The van der Waals surface area contributed by atoms with E-state index < -0.39 is 5.91 Å². The molecule has 6 heteroatoms. The second-order valence-electron chi connectivity index (χ2n) is 7.11. The molecule has 138 valence electrons. The van der Waals surface area contributed by atoms with Gasteiger partial charge in [0, 0.05) is 19.1 Å². The van der Waals surface area contributed by atoms with Gasteiger partial charge in [-0.3, -0.25) is 9.59 Å². The number of esters is 1. The first kappa shape index (κ1) is 19.2. The van der Waals surface area contributed by atoms with E-state index in [2.05, 4.69) is 11.0 Å². The van der Waals surface area contributed by atoms with Crippen molar-refractivity contribution in [3.8, 4) is 0 Å². The molecule has 6 nitrogen and oxygen atoms in total. The molecule has 0 bridgehead atoms. The van der Waals surface area contributed by atoms with Crippen LogP contribution in [0.15, 0.2) is 12.1 Å². The van der Waals surface area contributed by atoms with Gasteiger partial charge in [-0.25, -0.2) is 0 Å². The van der Waals surface area contributed by atoms with E-state index in [1.807, 2.05) is 26.8 Å². The van der Waals surface area contributed by atoms with Crippen LogP contribution in [0.2, 0.25) is 0 Å². The van der Waals surface area contributed by atoms with Crippen molar-refractivity contribution >= 4 is 17.6 Å². The van der Waals surface area contributed by atoms with Crippen molar-refractivity contribution in [3.05, 3.63) is 28.8 Å². The number of amides is 1. The Morgan fingerprint density at radius 1 is 1.28 bits per heavy atom. The third kappa shape index (κ3) is 4.95. The molecule has 2 rings (SSSR count). The molecule has 1 atom stereocenters. The SMILES string of the molecule is CC(C)C(=O)OCCCN1CCc2cc(C[C@@H](C)N)cc(C(N)=O)c21. The Bertz CT molecular complexity index is 641. The second kappa shape index (κ2) is 8.34. The molecule has 0 aliphatic carbocycles. The number of hydrogen-bond acceptors (Lipinski definition) is 5. The summed E-state index contributed by atoms with van der Waals surface area (Å²) >= 11 is 0. The van der Waals surface area contributed by atoms with Gasteiger partial charge in [-0.2, -0.15) is 0 Å². The molecule has 0 aromatic heterocycles. The van der Waals surface area contributed by atoms with Crippen molar-refractivity contribution in [2.45, 2.75) is 46.1 Å². The molecule has 0 unspecified atom stereocenters. The smallest absolute Gasteiger partial charge is 0.308 e. The van der Waals surface area contributed by atoms with Gasteiger partial charge in [0.1, 0.15) is 0 Å². The van der Waals surface area contributed by atoms with Crippen molar-refractivity contribution in [2.24, 2.45) is 17.4 Å². The summed E-state index contributed by atoms with van der Waals surface area (Å²) in [6.45, 7) is 7.54. The standard InChI is InChI=1S/C19H29N3O3/c1-12(2)19(24)25-8-4-6-22-7-5-15-10-14(9-13(3)20)11-16(17(15)22)18(21)23/h10-13H,4-9,20H2,1-3H3,(H2,21,23)/t13-/m1/s1. The molecule has 1 amide bonds. The highest BCUT2D eigenvalue weighted by Crippen LogP contribution is 2.33. The van der Waals surface area contributed by atoms with Gasteiger partial charge in [0.2, 0.25) is 0 Å². The van der Waals surface area contributed by atoms with Crippen molar-refractivity contribution in [2.75, 3.05) is 24.6 Å². The van der Waals surface area contributed by atoms with E-state index in [4.69, 9.17) is 16.2 Å². The number of rotatable bonds is 8. The van der Waals surface area contributed by atoms with E-state index in [0.717, 1.165) is 49.2 Å². The average molecular weight is 347 g/mol. The van der Waals surface area contributed by atoms with E-state index >= 15 is 0 Å². The third-order valence-electron chi connectivity index (χ3n) is 4.33. The Balaban J connectivity index is 2.07. The number of nitrogens with two attached hydrogens (primary N) is 2. The lowest BCUT2D eigenvalue weighted by Gasteiger charge is -2.22. The highest BCUT2D eigenvalue weighted by Gasteiger charge is 2.25. The van der Waals surface area contributed by atoms with Crippen molar-refractivity contribution in [1.29, 1.82) is 0 Å². The molecule has 1 aromatic rings. The molecule has 1 aliphatic rings. The number of ether oxygens (including phenoxy) is 1. The van der Waals surface area contributed by atoms with E-state index in [9.17, 15) is 9.59 Å². The highest BCUT2D eigenvalue weighted by atomic mass is 16.5. The Kier molecular flexibility index (Phi) is 6.42. The Morgan fingerprint density at radius 2 is 2.00 bits per heavy atom. The first-order chi connectivity index (χ1) is 11.8. The summed E-state index contributed by atoms with van der Waals surface area (Å²) in [5, 5.41) is 0. The zero-order valence-corrected chi connectivity index (χ0v) is 15.4. The molecule has 25 heavy (non-hydrogen) atoms. The van der Waals surface area contributed by atoms with Crippen LogP contribution in [0.5, 0.6) is 0 Å². The van der Waals surface area contributed by atoms with Gasteiger partial charge in [-0.15, -0.1) is 0 Å². The fourth-order valence-electron chi connectivity index (χ4n) is 3.19. The van der Waals surface area contributed by atoms with Gasteiger partial charge < -0.3 is 21.1 Å². The molecule has 1 aliphatic heterocycles. The molecule has 1 aromatic carbocycles. The molecule has 0 saturated heterocycles. The summed E-state index contributed by atoms with van der Waals surface area (Å²) in [7, 11) is 0. The quantitative estimate of drug-likeness (QED) is 0.550. The zero-order valence-electron chi connectivity index (χ0n) is 15.4. The van der Waals surface area contributed by atoms with Crippen LogP contribution < -0.4 is 16.4 Å². The number of fused-ring (bicyclic) bond motifs is 1. The van der Waals surface area contributed by atoms with Gasteiger partial charge in [-0.1, -0.05) is 19.9 Å². The minimum absolute atomic E-state index is 0.0342. The number of benzene rings is 1. The van der Waals surface area contributed by atoms with E-state index in [0.29, 0.717) is 12.2 Å². The summed E-state index contributed by atoms with van der Waals surface area (Å²) in [4.78, 5) is 25.6. The van der Waals surface area contributed by atoms with Crippen molar-refractivity contribution in [3.63, 3.8) is 0 Å². The summed E-state index contributed by atoms with van der Waals surface area (Å²) < 4.78 is 5.22. The van der Waals surface area contributed by atoms with E-state index in [1.54, 1.807) is 0 Å². The molecule has 4 N–H and O–H groups in total. The van der Waals surface area contributed by atoms with Crippen molar-refractivity contribution < 1.29 is 14.3 Å². The Hall–Kier alpha value is -2.08. The number of nitrogens with zero attached hydrogens (tertiary/aromatic N) is 1. The topological polar surface area (TPSA) is 98.7 Å². The van der Waals surface area contributed by atoms with Gasteiger partial charge in [0.05, 0.1) is 23.8 Å². The second-order valence-corrected chi connectivity index (χ2v) is 7.11. The monoisotopic (exact) mass is 347 g/mol. The van der Waals surface area contributed by atoms with Crippen LogP contribution in [-0.4, -0.2) is 37.6 Å². The lowest BCUT2D eigenvalue weighted by molar-refractivity contribution is -0.147. The molecule has 1 heterocycles. The highest BCUT2D eigenvalue weighted by molar-refractivity contribution is 6.00. The lowest BCUT2D eigenvalue weighted by Crippen LogP contribution is -2.26. The molecular formula is C19H29N3O3. The van der Waals surface area contributed by atoms with Crippen LogP contribution in [0.25, 0.3) is 0 Å². The minimum atomic E-state index is -0.416. The molecule has 0 saturated carbocycles. The van der Waals surface area contributed by atoms with Gasteiger partial charge in [0.25, 0.3) is 5.91 Å². The Morgan fingerprint density at radius 3 is 2.60 bits per heavy atom. The van der Waals surface area contributed by atoms with Gasteiger partial charge in [0.15, 0.2) is 0 Å². The zero-order chi connectivity index (χ0) is 18.6. The van der Waals surface area contributed by atoms with Crippen LogP contribution in [-0.2, 0) is 22.4 Å². The Labute approximate surface area is 149 Å². The van der Waals surface area contributed by atoms with Crippen LogP contribution in [0.3, 0.4) is 0 Å². The number of carbonyl (C=O) groups is 2. The average Bonchev–Trinajstić information content (AvgIpc) is 2.92. The summed E-state index contributed by atoms with van der Waals surface area (Å²) in [5.74, 6) is -0.710. The van der Waals surface area contributed by atoms with Crippen molar-refractivity contribution in [1.82, 2.24) is 0 Å². The fourth-order valence-corrected chi connectivity index (χ4v) is 3.19. The maximum atomic E-state index is 11.9. The van der Waals surface area contributed by atoms with Gasteiger partial charge >= 0.3 is 5.97 Å². The van der Waals surface area contributed by atoms with Crippen LogP contribution >= 0.6 is 0 Å². The molecule has 0 fully saturated rings. The van der Waals surface area contributed by atoms with Crippen LogP contribution in [0.4, 0.5) is 5.69 Å². The van der Waals surface area contributed by atoms with Gasteiger partial charge in [-0.05, 0) is 43.4 Å². The predicted molar refractivity (Wildman–Crippen MR) is 98.6 cm³/mol. The third-order valence-corrected chi connectivity index (χ3v) is 4.33. The summed E-state index contributed by atoms with van der Waals surface area (Å²) in [6, 6.07) is 4.03. The minimum Gasteiger partial charge on any atom is -0.465 e. The fraction of sp³-hybridized carbons (Fsp3) is 0.579. The summed E-state index contributed by atoms with van der Waals surface area (Å²) in [5.41, 5.74) is 15.2. The van der Waals surface area contributed by atoms with E-state index in [-0.39, 0.29) is 17.9 Å². The maximum Gasteiger partial charge on any atom is 0.308 e. The van der Waals surface area contributed by atoms with Crippen LogP contribution in [0, 0.1) is 5.92 Å². The predicted octanol–water partition coefficient (Wildman–Crippen LogP) is 1.63. The molecule has 0 spiro atoms.